The lowest BCUT2D eigenvalue weighted by Gasteiger charge is -2.29. The number of anilines is 1. The van der Waals surface area contributed by atoms with Gasteiger partial charge in [-0.1, -0.05) is 6.92 Å². The summed E-state index contributed by atoms with van der Waals surface area (Å²) in [6, 6.07) is 13.1. The second-order valence-electron chi connectivity index (χ2n) is 6.79. The topological polar surface area (TPSA) is 75.7 Å². The molecule has 0 bridgehead atoms. The fraction of sp³-hybridized carbons (Fsp3) is 0.350. The normalized spacial score (nSPS) is 16.1. The van der Waals surface area contributed by atoms with E-state index in [1.54, 1.807) is 31.4 Å². The Hall–Kier alpha value is -2.38. The second kappa shape index (κ2) is 8.10. The molecular weight excluding hydrogens is 364 g/mol. The van der Waals surface area contributed by atoms with Gasteiger partial charge in [0.15, 0.2) is 0 Å². The van der Waals surface area contributed by atoms with E-state index in [2.05, 4.69) is 12.2 Å². The number of hydrogen-bond acceptors (Lipinski definition) is 4. The summed E-state index contributed by atoms with van der Waals surface area (Å²) in [4.78, 5) is 12.6. The van der Waals surface area contributed by atoms with Crippen molar-refractivity contribution < 1.29 is 17.9 Å². The smallest absolute Gasteiger partial charge is 0.255 e. The van der Waals surface area contributed by atoms with Crippen LogP contribution in [-0.2, 0) is 10.0 Å². The molecule has 0 unspecified atom stereocenters. The van der Waals surface area contributed by atoms with Crippen LogP contribution in [0.2, 0.25) is 0 Å². The van der Waals surface area contributed by atoms with Crippen LogP contribution in [0.15, 0.2) is 53.4 Å². The van der Waals surface area contributed by atoms with Gasteiger partial charge in [0.1, 0.15) is 5.75 Å². The zero-order chi connectivity index (χ0) is 19.4. The lowest BCUT2D eigenvalue weighted by molar-refractivity contribution is 0.102. The van der Waals surface area contributed by atoms with Gasteiger partial charge in [0.25, 0.3) is 5.91 Å². The van der Waals surface area contributed by atoms with Gasteiger partial charge < -0.3 is 10.1 Å². The average molecular weight is 388 g/mol. The minimum Gasteiger partial charge on any atom is -0.497 e. The molecule has 2 aromatic carbocycles. The zero-order valence-electron chi connectivity index (χ0n) is 15.5. The highest BCUT2D eigenvalue weighted by Crippen LogP contribution is 2.24. The Morgan fingerprint density at radius 2 is 1.63 bits per heavy atom. The van der Waals surface area contributed by atoms with Crippen LogP contribution >= 0.6 is 0 Å². The van der Waals surface area contributed by atoms with Crippen LogP contribution in [0, 0.1) is 5.92 Å². The van der Waals surface area contributed by atoms with E-state index in [0.717, 1.165) is 12.8 Å². The van der Waals surface area contributed by atoms with Gasteiger partial charge in [-0.15, -0.1) is 0 Å². The third-order valence-electron chi connectivity index (χ3n) is 4.84. The van der Waals surface area contributed by atoms with Gasteiger partial charge in [0.2, 0.25) is 10.0 Å². The van der Waals surface area contributed by atoms with Crippen LogP contribution < -0.4 is 10.1 Å². The van der Waals surface area contributed by atoms with Crippen molar-refractivity contribution in [3.8, 4) is 5.75 Å². The molecule has 1 heterocycles. The van der Waals surface area contributed by atoms with Crippen molar-refractivity contribution in [2.45, 2.75) is 24.7 Å². The van der Waals surface area contributed by atoms with Gasteiger partial charge in [-0.05, 0) is 67.3 Å². The molecule has 0 atom stereocenters. The Balaban J connectivity index is 1.69. The van der Waals surface area contributed by atoms with Gasteiger partial charge in [-0.25, -0.2) is 8.42 Å². The summed E-state index contributed by atoms with van der Waals surface area (Å²) in [6.07, 6.45) is 1.75. The number of rotatable bonds is 5. The molecule has 1 aliphatic rings. The van der Waals surface area contributed by atoms with E-state index < -0.39 is 10.0 Å². The van der Waals surface area contributed by atoms with Crippen molar-refractivity contribution in [3.05, 3.63) is 54.1 Å². The molecule has 1 amide bonds. The van der Waals surface area contributed by atoms with E-state index in [1.165, 1.54) is 28.6 Å². The molecule has 0 aromatic heterocycles. The predicted octanol–water partition coefficient (Wildman–Crippen LogP) is 3.37. The summed E-state index contributed by atoms with van der Waals surface area (Å²) in [5.41, 5.74) is 1.04. The zero-order valence-corrected chi connectivity index (χ0v) is 16.3. The maximum absolute atomic E-state index is 12.7. The average Bonchev–Trinajstić information content (AvgIpc) is 2.69. The number of hydrogen-bond donors (Lipinski definition) is 1. The van der Waals surface area contributed by atoms with Crippen LogP contribution in [-0.4, -0.2) is 38.8 Å². The summed E-state index contributed by atoms with van der Waals surface area (Å²) >= 11 is 0. The van der Waals surface area contributed by atoms with Crippen molar-refractivity contribution in [2.24, 2.45) is 5.92 Å². The quantitative estimate of drug-likeness (QED) is 0.852. The first-order valence-electron chi connectivity index (χ1n) is 8.96. The highest BCUT2D eigenvalue weighted by Gasteiger charge is 2.28. The van der Waals surface area contributed by atoms with Gasteiger partial charge in [0.05, 0.1) is 12.0 Å². The van der Waals surface area contributed by atoms with E-state index in [1.807, 2.05) is 0 Å². The molecule has 0 aliphatic carbocycles. The molecule has 144 valence electrons. The molecule has 6 nitrogen and oxygen atoms in total. The van der Waals surface area contributed by atoms with Crippen LogP contribution in [0.5, 0.6) is 5.75 Å². The molecule has 2 aromatic rings. The van der Waals surface area contributed by atoms with Gasteiger partial charge in [-0.3, -0.25) is 4.79 Å². The number of amides is 1. The van der Waals surface area contributed by atoms with E-state index in [9.17, 15) is 13.2 Å². The Morgan fingerprint density at radius 1 is 1.04 bits per heavy atom. The van der Waals surface area contributed by atoms with Crippen molar-refractivity contribution in [1.29, 1.82) is 0 Å². The SMILES string of the molecule is COc1ccc(NC(=O)c2ccc(S(=O)(=O)N3CCC(C)CC3)cc2)cc1. The minimum atomic E-state index is -3.51. The number of carbonyl (C=O) groups excluding carboxylic acids is 1. The van der Waals surface area contributed by atoms with Crippen molar-refractivity contribution in [1.82, 2.24) is 4.31 Å². The number of nitrogens with zero attached hydrogens (tertiary/aromatic N) is 1. The Bertz CT molecular complexity index is 885. The Morgan fingerprint density at radius 3 is 2.19 bits per heavy atom. The number of sulfonamides is 1. The number of piperidine rings is 1. The fourth-order valence-electron chi connectivity index (χ4n) is 3.03. The highest BCUT2D eigenvalue weighted by atomic mass is 32.2. The van der Waals surface area contributed by atoms with E-state index in [4.69, 9.17) is 4.74 Å². The van der Waals surface area contributed by atoms with Crippen molar-refractivity contribution >= 4 is 21.6 Å². The molecule has 0 spiro atoms. The molecule has 27 heavy (non-hydrogen) atoms. The van der Waals surface area contributed by atoms with Crippen LogP contribution in [0.1, 0.15) is 30.1 Å². The minimum absolute atomic E-state index is 0.220. The Labute approximate surface area is 160 Å². The summed E-state index contributed by atoms with van der Waals surface area (Å²) in [5.74, 6) is 0.964. The maximum Gasteiger partial charge on any atom is 0.255 e. The van der Waals surface area contributed by atoms with Crippen LogP contribution in [0.25, 0.3) is 0 Å². The largest absolute Gasteiger partial charge is 0.497 e. The molecule has 1 aliphatic heterocycles. The molecule has 1 fully saturated rings. The molecule has 0 radical (unpaired) electrons. The third kappa shape index (κ3) is 4.48. The number of nitrogens with one attached hydrogen (secondary N) is 1. The molecule has 0 saturated carbocycles. The molecule has 3 rings (SSSR count). The summed E-state index contributed by atoms with van der Waals surface area (Å²) in [6.45, 7) is 3.23. The first kappa shape index (κ1) is 19.4. The summed E-state index contributed by atoms with van der Waals surface area (Å²) in [7, 11) is -1.93. The lowest BCUT2D eigenvalue weighted by atomic mass is 10.0. The highest BCUT2D eigenvalue weighted by molar-refractivity contribution is 7.89. The molecule has 1 saturated heterocycles. The lowest BCUT2D eigenvalue weighted by Crippen LogP contribution is -2.37. The van der Waals surface area contributed by atoms with Crippen LogP contribution in [0.4, 0.5) is 5.69 Å². The summed E-state index contributed by atoms with van der Waals surface area (Å²) in [5, 5.41) is 2.78. The van der Waals surface area contributed by atoms with Gasteiger partial charge in [0, 0.05) is 24.3 Å². The van der Waals surface area contributed by atoms with Gasteiger partial charge >= 0.3 is 0 Å². The predicted molar refractivity (Wildman–Crippen MR) is 105 cm³/mol. The number of benzene rings is 2. The maximum atomic E-state index is 12.7. The number of carbonyl (C=O) groups is 1. The van der Waals surface area contributed by atoms with E-state index in [-0.39, 0.29) is 10.8 Å². The first-order valence-corrected chi connectivity index (χ1v) is 10.4. The molecule has 1 N–H and O–H groups in total. The fourth-order valence-corrected chi connectivity index (χ4v) is 4.50. The van der Waals surface area contributed by atoms with Gasteiger partial charge in [-0.2, -0.15) is 4.31 Å². The number of ether oxygens (including phenoxy) is 1. The summed E-state index contributed by atoms with van der Waals surface area (Å²) < 4.78 is 32.1. The van der Waals surface area contributed by atoms with E-state index >= 15 is 0 Å². The van der Waals surface area contributed by atoms with Crippen molar-refractivity contribution in [3.63, 3.8) is 0 Å². The Kier molecular flexibility index (Phi) is 5.82. The second-order valence-corrected chi connectivity index (χ2v) is 8.73. The number of methoxy groups -OCH3 is 1. The molecule has 7 heteroatoms. The third-order valence-corrected chi connectivity index (χ3v) is 6.76. The standard InChI is InChI=1S/C20H24N2O4S/c1-15-11-13-22(14-12-15)27(24,25)19-9-3-16(4-10-19)20(23)21-17-5-7-18(26-2)8-6-17/h3-10,15H,11-14H2,1-2H3,(H,21,23). The first-order chi connectivity index (χ1) is 12.9. The van der Waals surface area contributed by atoms with Crippen LogP contribution in [0.3, 0.4) is 0 Å². The monoisotopic (exact) mass is 388 g/mol. The molecular formula is C20H24N2O4S. The van der Waals surface area contributed by atoms with Crippen molar-refractivity contribution in [2.75, 3.05) is 25.5 Å². The van der Waals surface area contributed by atoms with E-state index in [0.29, 0.717) is 36.0 Å².